The molecule has 102 valence electrons. The van der Waals surface area contributed by atoms with Crippen LogP contribution in [0.4, 0.5) is 10.5 Å². The zero-order valence-corrected chi connectivity index (χ0v) is 11.4. The van der Waals surface area contributed by atoms with Crippen LogP contribution in [-0.2, 0) is 11.3 Å². The second-order valence-corrected chi connectivity index (χ2v) is 4.51. The number of para-hydroxylation sites is 1. The summed E-state index contributed by atoms with van der Waals surface area (Å²) in [5.41, 5.74) is 3.46. The number of amides is 1. The summed E-state index contributed by atoms with van der Waals surface area (Å²) >= 11 is 0. The molecular formula is C17H17NO2. The number of hydrogen-bond donors (Lipinski definition) is 1. The molecule has 0 saturated heterocycles. The molecule has 0 bridgehead atoms. The molecule has 1 amide bonds. The first-order valence-corrected chi connectivity index (χ1v) is 6.39. The summed E-state index contributed by atoms with van der Waals surface area (Å²) in [5, 5.41) is 2.74. The van der Waals surface area contributed by atoms with Crippen LogP contribution in [0, 0.1) is 0 Å². The van der Waals surface area contributed by atoms with Gasteiger partial charge in [0.05, 0.1) is 5.69 Å². The minimum Gasteiger partial charge on any atom is -0.444 e. The first-order valence-electron chi connectivity index (χ1n) is 6.39. The van der Waals surface area contributed by atoms with Gasteiger partial charge in [0.2, 0.25) is 0 Å². The summed E-state index contributed by atoms with van der Waals surface area (Å²) in [4.78, 5) is 11.8. The average molecular weight is 267 g/mol. The molecule has 2 aromatic carbocycles. The monoisotopic (exact) mass is 267 g/mol. The number of benzene rings is 2. The Hall–Kier alpha value is -2.55. The molecule has 0 unspecified atom stereocenters. The second kappa shape index (κ2) is 6.57. The van der Waals surface area contributed by atoms with E-state index in [1.54, 1.807) is 0 Å². The highest BCUT2D eigenvalue weighted by atomic mass is 16.5. The molecule has 0 heterocycles. The van der Waals surface area contributed by atoms with Crippen molar-refractivity contribution in [1.29, 1.82) is 0 Å². The molecule has 3 nitrogen and oxygen atoms in total. The molecule has 1 N–H and O–H groups in total. The Morgan fingerprint density at radius 3 is 2.45 bits per heavy atom. The lowest BCUT2D eigenvalue weighted by molar-refractivity contribution is 0.155. The SMILES string of the molecule is C=C(C)c1ccccc1NC(=O)OCc1ccccc1. The topological polar surface area (TPSA) is 38.3 Å². The standard InChI is InChI=1S/C17H17NO2/c1-13(2)15-10-6-7-11-16(15)18-17(19)20-12-14-8-4-3-5-9-14/h3-11H,1,12H2,2H3,(H,18,19). The van der Waals surface area contributed by atoms with Gasteiger partial charge in [-0.15, -0.1) is 0 Å². The van der Waals surface area contributed by atoms with Crippen molar-refractivity contribution in [2.24, 2.45) is 0 Å². The van der Waals surface area contributed by atoms with Gasteiger partial charge in [0.1, 0.15) is 6.61 Å². The molecule has 0 radical (unpaired) electrons. The Kier molecular flexibility index (Phi) is 4.56. The third-order valence-corrected chi connectivity index (χ3v) is 2.84. The van der Waals surface area contributed by atoms with E-state index in [1.165, 1.54) is 0 Å². The molecule has 0 aliphatic rings. The van der Waals surface area contributed by atoms with Crippen LogP contribution in [0.5, 0.6) is 0 Å². The van der Waals surface area contributed by atoms with Gasteiger partial charge in [0.25, 0.3) is 0 Å². The van der Waals surface area contributed by atoms with Crippen molar-refractivity contribution >= 4 is 17.4 Å². The number of hydrogen-bond acceptors (Lipinski definition) is 2. The van der Waals surface area contributed by atoms with Crippen LogP contribution < -0.4 is 5.32 Å². The minimum absolute atomic E-state index is 0.252. The maximum Gasteiger partial charge on any atom is 0.411 e. The minimum atomic E-state index is -0.470. The normalized spacial score (nSPS) is 9.85. The molecule has 0 saturated carbocycles. The predicted molar refractivity (Wildman–Crippen MR) is 81.4 cm³/mol. The molecule has 20 heavy (non-hydrogen) atoms. The average Bonchev–Trinajstić information content (AvgIpc) is 2.46. The molecule has 0 aromatic heterocycles. The summed E-state index contributed by atoms with van der Waals surface area (Å²) < 4.78 is 5.19. The van der Waals surface area contributed by atoms with Gasteiger partial charge in [0.15, 0.2) is 0 Å². The van der Waals surface area contributed by atoms with Crippen LogP contribution in [0.2, 0.25) is 0 Å². The van der Waals surface area contributed by atoms with Crippen molar-refractivity contribution in [3.63, 3.8) is 0 Å². The Balaban J connectivity index is 1.97. The number of nitrogens with one attached hydrogen (secondary N) is 1. The Morgan fingerprint density at radius 2 is 1.75 bits per heavy atom. The van der Waals surface area contributed by atoms with E-state index < -0.39 is 6.09 Å². The van der Waals surface area contributed by atoms with Crippen molar-refractivity contribution in [3.05, 3.63) is 72.3 Å². The Morgan fingerprint density at radius 1 is 1.10 bits per heavy atom. The molecule has 2 rings (SSSR count). The van der Waals surface area contributed by atoms with Crippen molar-refractivity contribution in [1.82, 2.24) is 0 Å². The molecule has 0 aliphatic carbocycles. The van der Waals surface area contributed by atoms with Gasteiger partial charge in [-0.25, -0.2) is 4.79 Å². The molecule has 0 fully saturated rings. The van der Waals surface area contributed by atoms with Gasteiger partial charge in [-0.05, 0) is 24.1 Å². The van der Waals surface area contributed by atoms with E-state index in [-0.39, 0.29) is 6.61 Å². The van der Waals surface area contributed by atoms with Crippen molar-refractivity contribution in [2.75, 3.05) is 5.32 Å². The highest BCUT2D eigenvalue weighted by molar-refractivity contribution is 5.89. The summed E-state index contributed by atoms with van der Waals surface area (Å²) in [7, 11) is 0. The highest BCUT2D eigenvalue weighted by Crippen LogP contribution is 2.22. The lowest BCUT2D eigenvalue weighted by Crippen LogP contribution is -2.14. The van der Waals surface area contributed by atoms with Crippen molar-refractivity contribution in [3.8, 4) is 0 Å². The first-order chi connectivity index (χ1) is 9.66. The van der Waals surface area contributed by atoms with E-state index >= 15 is 0 Å². The predicted octanol–water partition coefficient (Wildman–Crippen LogP) is 4.47. The van der Waals surface area contributed by atoms with Crippen molar-refractivity contribution in [2.45, 2.75) is 13.5 Å². The van der Waals surface area contributed by atoms with E-state index in [1.807, 2.05) is 61.5 Å². The fourth-order valence-corrected chi connectivity index (χ4v) is 1.83. The number of allylic oxidation sites excluding steroid dienone is 1. The number of carbonyl (C=O) groups is 1. The van der Waals surface area contributed by atoms with Gasteiger partial charge < -0.3 is 4.74 Å². The van der Waals surface area contributed by atoms with E-state index in [0.717, 1.165) is 16.7 Å². The zero-order chi connectivity index (χ0) is 14.4. The number of rotatable bonds is 4. The Bertz CT molecular complexity index is 605. The lowest BCUT2D eigenvalue weighted by atomic mass is 10.1. The zero-order valence-electron chi connectivity index (χ0n) is 11.4. The molecule has 0 atom stereocenters. The van der Waals surface area contributed by atoms with Crippen LogP contribution in [0.25, 0.3) is 5.57 Å². The van der Waals surface area contributed by atoms with Crippen LogP contribution in [-0.4, -0.2) is 6.09 Å². The van der Waals surface area contributed by atoms with E-state index in [9.17, 15) is 4.79 Å². The maximum atomic E-state index is 11.8. The molecule has 0 spiro atoms. The van der Waals surface area contributed by atoms with Crippen molar-refractivity contribution < 1.29 is 9.53 Å². The van der Waals surface area contributed by atoms with E-state index in [4.69, 9.17) is 4.74 Å². The smallest absolute Gasteiger partial charge is 0.411 e. The van der Waals surface area contributed by atoms with Gasteiger partial charge in [0, 0.05) is 5.56 Å². The van der Waals surface area contributed by atoms with Crippen LogP contribution >= 0.6 is 0 Å². The summed E-state index contributed by atoms with van der Waals surface area (Å²) in [6.45, 7) is 6.05. The number of carbonyl (C=O) groups excluding carboxylic acids is 1. The first kappa shape index (κ1) is 13.9. The van der Waals surface area contributed by atoms with Crippen LogP contribution in [0.3, 0.4) is 0 Å². The largest absolute Gasteiger partial charge is 0.444 e. The van der Waals surface area contributed by atoms with Gasteiger partial charge in [-0.3, -0.25) is 5.32 Å². The fraction of sp³-hybridized carbons (Fsp3) is 0.118. The maximum absolute atomic E-state index is 11.8. The Labute approximate surface area is 118 Å². The number of anilines is 1. The quantitative estimate of drug-likeness (QED) is 0.887. The summed E-state index contributed by atoms with van der Waals surface area (Å²) in [5.74, 6) is 0. The van der Waals surface area contributed by atoms with E-state index in [0.29, 0.717) is 5.69 Å². The van der Waals surface area contributed by atoms with Gasteiger partial charge in [-0.1, -0.05) is 55.1 Å². The van der Waals surface area contributed by atoms with Gasteiger partial charge in [-0.2, -0.15) is 0 Å². The second-order valence-electron chi connectivity index (χ2n) is 4.51. The molecular weight excluding hydrogens is 250 g/mol. The van der Waals surface area contributed by atoms with Crippen LogP contribution in [0.1, 0.15) is 18.1 Å². The number of ether oxygens (including phenoxy) is 1. The lowest BCUT2D eigenvalue weighted by Gasteiger charge is -2.11. The summed E-state index contributed by atoms with van der Waals surface area (Å²) in [6.07, 6.45) is -0.470. The van der Waals surface area contributed by atoms with Gasteiger partial charge >= 0.3 is 6.09 Å². The molecule has 3 heteroatoms. The molecule has 0 aliphatic heterocycles. The van der Waals surface area contributed by atoms with E-state index in [2.05, 4.69) is 11.9 Å². The summed E-state index contributed by atoms with van der Waals surface area (Å²) in [6, 6.07) is 17.1. The van der Waals surface area contributed by atoms with Crippen LogP contribution in [0.15, 0.2) is 61.2 Å². The highest BCUT2D eigenvalue weighted by Gasteiger charge is 2.07. The third-order valence-electron chi connectivity index (χ3n) is 2.84. The third kappa shape index (κ3) is 3.72. The molecule has 2 aromatic rings. The fourth-order valence-electron chi connectivity index (χ4n) is 1.83.